The van der Waals surface area contributed by atoms with Crippen LogP contribution in [0.3, 0.4) is 0 Å². The van der Waals surface area contributed by atoms with Crippen LogP contribution in [0.4, 0.5) is 11.4 Å². The Kier molecular flexibility index (Phi) is 5.28. The van der Waals surface area contributed by atoms with E-state index in [1.54, 1.807) is 7.11 Å². The number of aryl methyl sites for hydroxylation is 2. The molecule has 6 heteroatoms. The Morgan fingerprint density at radius 2 is 2.00 bits per heavy atom. The molecule has 2 aromatic rings. The zero-order valence-corrected chi connectivity index (χ0v) is 15.3. The van der Waals surface area contributed by atoms with E-state index in [2.05, 4.69) is 10.3 Å². The first-order valence-electron chi connectivity index (χ1n) is 7.93. The summed E-state index contributed by atoms with van der Waals surface area (Å²) in [5.41, 5.74) is 3.67. The summed E-state index contributed by atoms with van der Waals surface area (Å²) in [6.07, 6.45) is 0. The number of thioether (sulfide) groups is 1. The van der Waals surface area contributed by atoms with Gasteiger partial charge in [0.25, 0.3) is 0 Å². The van der Waals surface area contributed by atoms with Crippen molar-refractivity contribution in [3.63, 3.8) is 0 Å². The van der Waals surface area contributed by atoms with E-state index in [1.807, 2.05) is 50.2 Å². The minimum atomic E-state index is -0.105. The predicted molar refractivity (Wildman–Crippen MR) is 103 cm³/mol. The van der Waals surface area contributed by atoms with Gasteiger partial charge in [0.2, 0.25) is 5.91 Å². The fourth-order valence-electron chi connectivity index (χ4n) is 2.46. The van der Waals surface area contributed by atoms with Crippen molar-refractivity contribution in [1.29, 1.82) is 0 Å². The highest BCUT2D eigenvalue weighted by atomic mass is 32.2. The first-order chi connectivity index (χ1) is 12.0. The summed E-state index contributed by atoms with van der Waals surface area (Å²) >= 11 is 1.38. The van der Waals surface area contributed by atoms with Crippen LogP contribution >= 0.6 is 11.8 Å². The highest BCUT2D eigenvalue weighted by molar-refractivity contribution is 8.14. The van der Waals surface area contributed by atoms with Crippen LogP contribution in [0.25, 0.3) is 0 Å². The van der Waals surface area contributed by atoms with Gasteiger partial charge < -0.3 is 14.8 Å². The van der Waals surface area contributed by atoms with Crippen LogP contribution < -0.4 is 14.8 Å². The number of carbonyl (C=O) groups is 1. The highest BCUT2D eigenvalue weighted by Gasteiger charge is 2.15. The molecule has 0 spiro atoms. The molecular weight excluding hydrogens is 336 g/mol. The summed E-state index contributed by atoms with van der Waals surface area (Å²) in [6.45, 7) is 4.38. The maximum Gasteiger partial charge on any atom is 0.234 e. The van der Waals surface area contributed by atoms with Gasteiger partial charge in [-0.15, -0.1) is 0 Å². The lowest BCUT2D eigenvalue weighted by atomic mass is 10.2. The van der Waals surface area contributed by atoms with Crippen molar-refractivity contribution >= 4 is 34.1 Å². The summed E-state index contributed by atoms with van der Waals surface area (Å²) in [6, 6.07) is 11.6. The van der Waals surface area contributed by atoms with Gasteiger partial charge in [-0.25, -0.2) is 4.99 Å². The molecule has 2 aromatic carbocycles. The van der Waals surface area contributed by atoms with E-state index >= 15 is 0 Å². The number of benzene rings is 2. The SMILES string of the molecule is COc1ccc(C)cc1NC(=O)CSC1=Nc2ccc(C)cc2OC1. The van der Waals surface area contributed by atoms with Gasteiger partial charge in [-0.3, -0.25) is 4.79 Å². The van der Waals surface area contributed by atoms with Crippen LogP contribution in [-0.4, -0.2) is 30.4 Å². The van der Waals surface area contributed by atoms with Crippen LogP contribution in [0.5, 0.6) is 11.5 Å². The van der Waals surface area contributed by atoms with Gasteiger partial charge in [0.15, 0.2) is 0 Å². The number of methoxy groups -OCH3 is 1. The normalized spacial score (nSPS) is 12.7. The number of nitrogens with zero attached hydrogens (tertiary/aromatic N) is 1. The molecular formula is C19H20N2O3S. The number of fused-ring (bicyclic) bond motifs is 1. The van der Waals surface area contributed by atoms with Gasteiger partial charge in [0.05, 0.1) is 18.6 Å². The number of anilines is 1. The lowest BCUT2D eigenvalue weighted by Gasteiger charge is -2.17. The van der Waals surface area contributed by atoms with Gasteiger partial charge in [0, 0.05) is 0 Å². The maximum absolute atomic E-state index is 12.2. The molecule has 0 radical (unpaired) electrons. The molecule has 0 saturated carbocycles. The number of aliphatic imine (C=N–C) groups is 1. The number of hydrogen-bond acceptors (Lipinski definition) is 5. The first kappa shape index (κ1) is 17.4. The Hall–Kier alpha value is -2.47. The van der Waals surface area contributed by atoms with Crippen LogP contribution in [0.1, 0.15) is 11.1 Å². The predicted octanol–water partition coefficient (Wildman–Crippen LogP) is 4.11. The molecule has 0 aromatic heterocycles. The molecule has 0 aliphatic carbocycles. The first-order valence-corrected chi connectivity index (χ1v) is 8.92. The molecule has 1 aliphatic heterocycles. The molecule has 5 nitrogen and oxygen atoms in total. The number of hydrogen-bond donors (Lipinski definition) is 1. The molecule has 0 saturated heterocycles. The van der Waals surface area contributed by atoms with Crippen molar-refractivity contribution in [2.24, 2.45) is 4.99 Å². The fraction of sp³-hybridized carbons (Fsp3) is 0.263. The maximum atomic E-state index is 12.2. The molecule has 1 amide bonds. The smallest absolute Gasteiger partial charge is 0.234 e. The Bertz CT molecular complexity index is 833. The molecule has 1 N–H and O–H groups in total. The third-order valence-corrected chi connectivity index (χ3v) is 4.66. The summed E-state index contributed by atoms with van der Waals surface area (Å²) in [4.78, 5) is 16.8. The molecule has 3 rings (SSSR count). The lowest BCUT2D eigenvalue weighted by molar-refractivity contribution is -0.113. The van der Waals surface area contributed by atoms with Crippen molar-refractivity contribution in [1.82, 2.24) is 0 Å². The molecule has 130 valence electrons. The van der Waals surface area contributed by atoms with Crippen molar-refractivity contribution in [3.05, 3.63) is 47.5 Å². The summed E-state index contributed by atoms with van der Waals surface area (Å²) in [5.74, 6) is 1.59. The average Bonchev–Trinajstić information content (AvgIpc) is 2.60. The molecule has 0 atom stereocenters. The molecule has 1 heterocycles. The third kappa shape index (κ3) is 4.33. The van der Waals surface area contributed by atoms with Crippen LogP contribution in [-0.2, 0) is 4.79 Å². The van der Waals surface area contributed by atoms with Crippen molar-refractivity contribution < 1.29 is 14.3 Å². The zero-order chi connectivity index (χ0) is 17.8. The highest BCUT2D eigenvalue weighted by Crippen LogP contribution is 2.33. The number of ether oxygens (including phenoxy) is 2. The molecule has 0 fully saturated rings. The topological polar surface area (TPSA) is 59.9 Å². The fourth-order valence-corrected chi connectivity index (χ4v) is 3.14. The lowest BCUT2D eigenvalue weighted by Crippen LogP contribution is -2.19. The minimum Gasteiger partial charge on any atom is -0.495 e. The van der Waals surface area contributed by atoms with Crippen LogP contribution in [0, 0.1) is 13.8 Å². The van der Waals surface area contributed by atoms with Crippen LogP contribution in [0.2, 0.25) is 0 Å². The Balaban J connectivity index is 1.62. The summed E-state index contributed by atoms with van der Waals surface area (Å²) < 4.78 is 11.0. The quantitative estimate of drug-likeness (QED) is 0.896. The Morgan fingerprint density at radius 1 is 1.24 bits per heavy atom. The van der Waals surface area contributed by atoms with E-state index in [4.69, 9.17) is 9.47 Å². The third-order valence-electron chi connectivity index (χ3n) is 3.71. The van der Waals surface area contributed by atoms with E-state index in [-0.39, 0.29) is 11.7 Å². The average molecular weight is 356 g/mol. The standard InChI is InChI=1S/C19H20N2O3S/c1-12-5-7-16(23-3)15(8-12)20-18(22)11-25-19-10-24-17-9-13(2)4-6-14(17)21-19/h4-9H,10-11H2,1-3H3,(H,20,22). The number of rotatable bonds is 4. The summed E-state index contributed by atoms with van der Waals surface area (Å²) in [7, 11) is 1.59. The summed E-state index contributed by atoms with van der Waals surface area (Å²) in [5, 5.41) is 3.68. The number of amides is 1. The molecule has 0 bridgehead atoms. The van der Waals surface area contributed by atoms with Gasteiger partial charge >= 0.3 is 0 Å². The van der Waals surface area contributed by atoms with E-state index in [1.165, 1.54) is 11.8 Å². The monoisotopic (exact) mass is 356 g/mol. The van der Waals surface area contributed by atoms with Gasteiger partial charge in [-0.05, 0) is 49.2 Å². The van der Waals surface area contributed by atoms with E-state index in [0.717, 1.165) is 27.6 Å². The van der Waals surface area contributed by atoms with E-state index in [0.29, 0.717) is 18.0 Å². The van der Waals surface area contributed by atoms with Crippen molar-refractivity contribution in [2.75, 3.05) is 24.8 Å². The zero-order valence-electron chi connectivity index (χ0n) is 14.5. The largest absolute Gasteiger partial charge is 0.495 e. The van der Waals surface area contributed by atoms with Gasteiger partial charge in [-0.2, -0.15) is 0 Å². The van der Waals surface area contributed by atoms with Gasteiger partial charge in [-0.1, -0.05) is 23.9 Å². The Morgan fingerprint density at radius 3 is 2.80 bits per heavy atom. The van der Waals surface area contributed by atoms with Crippen molar-refractivity contribution in [3.8, 4) is 11.5 Å². The second-order valence-corrected chi connectivity index (χ2v) is 6.85. The van der Waals surface area contributed by atoms with Crippen LogP contribution in [0.15, 0.2) is 41.4 Å². The second kappa shape index (κ2) is 7.61. The van der Waals surface area contributed by atoms with Crippen molar-refractivity contribution in [2.45, 2.75) is 13.8 Å². The number of carbonyl (C=O) groups excluding carboxylic acids is 1. The Labute approximate surface area is 151 Å². The van der Waals surface area contributed by atoms with Gasteiger partial charge in [0.1, 0.15) is 28.8 Å². The van der Waals surface area contributed by atoms with E-state index in [9.17, 15) is 4.79 Å². The molecule has 25 heavy (non-hydrogen) atoms. The molecule has 1 aliphatic rings. The number of nitrogens with one attached hydrogen (secondary N) is 1. The molecule has 0 unspecified atom stereocenters. The second-order valence-electron chi connectivity index (χ2n) is 5.81. The minimum absolute atomic E-state index is 0.105. The van der Waals surface area contributed by atoms with E-state index < -0.39 is 0 Å².